The highest BCUT2D eigenvalue weighted by atomic mass is 35.5. The first-order valence-electron chi connectivity index (χ1n) is 6.13. The summed E-state index contributed by atoms with van der Waals surface area (Å²) in [6, 6.07) is 10.5. The van der Waals surface area contributed by atoms with E-state index in [4.69, 9.17) is 23.2 Å². The predicted molar refractivity (Wildman–Crippen MR) is 77.5 cm³/mol. The Balaban J connectivity index is 1.88. The third-order valence-corrected chi connectivity index (χ3v) is 3.91. The summed E-state index contributed by atoms with van der Waals surface area (Å²) in [5, 5.41) is 4.49. The lowest BCUT2D eigenvalue weighted by Gasteiger charge is -2.16. The Kier molecular flexibility index (Phi) is 3.38. The minimum atomic E-state index is -0.285. The fourth-order valence-corrected chi connectivity index (χ4v) is 2.90. The minimum absolute atomic E-state index is 0.111. The molecule has 0 heterocycles. The Bertz CT molecular complexity index is 628. The van der Waals surface area contributed by atoms with Crippen molar-refractivity contribution in [2.24, 2.45) is 0 Å². The molecule has 0 spiro atoms. The van der Waals surface area contributed by atoms with Gasteiger partial charge in [-0.1, -0.05) is 29.3 Å². The number of rotatable bonds is 2. The maximum atomic E-state index is 13.7. The molecule has 0 saturated carbocycles. The summed E-state index contributed by atoms with van der Waals surface area (Å²) >= 11 is 11.9. The van der Waals surface area contributed by atoms with E-state index in [1.165, 1.54) is 17.2 Å². The van der Waals surface area contributed by atoms with Gasteiger partial charge in [0.1, 0.15) is 5.82 Å². The summed E-state index contributed by atoms with van der Waals surface area (Å²) in [6.07, 6.45) is 1.89. The van der Waals surface area contributed by atoms with Crippen LogP contribution in [0.4, 0.5) is 10.1 Å². The molecule has 1 nitrogen and oxygen atoms in total. The second kappa shape index (κ2) is 5.03. The number of hydrogen-bond donors (Lipinski definition) is 1. The van der Waals surface area contributed by atoms with Crippen molar-refractivity contribution in [2.45, 2.75) is 18.9 Å². The lowest BCUT2D eigenvalue weighted by Crippen LogP contribution is -2.08. The Hall–Kier alpha value is -1.25. The van der Waals surface area contributed by atoms with Gasteiger partial charge in [-0.05, 0) is 54.3 Å². The van der Waals surface area contributed by atoms with E-state index in [1.807, 2.05) is 18.2 Å². The third kappa shape index (κ3) is 2.56. The van der Waals surface area contributed by atoms with E-state index in [9.17, 15) is 4.39 Å². The van der Waals surface area contributed by atoms with Crippen LogP contribution in [0.5, 0.6) is 0 Å². The molecule has 0 fully saturated rings. The smallest absolute Gasteiger partial charge is 0.146 e. The molecule has 1 aliphatic carbocycles. The predicted octanol–water partition coefficient (Wildman–Crippen LogP) is 5.23. The SMILES string of the molecule is Fc1ccc(Cl)cc1NC1CCc2cc(Cl)ccc21. The van der Waals surface area contributed by atoms with E-state index in [1.54, 1.807) is 12.1 Å². The van der Waals surface area contributed by atoms with E-state index in [2.05, 4.69) is 5.32 Å². The van der Waals surface area contributed by atoms with Crippen molar-refractivity contribution >= 4 is 28.9 Å². The lowest BCUT2D eigenvalue weighted by atomic mass is 10.1. The quantitative estimate of drug-likeness (QED) is 0.800. The van der Waals surface area contributed by atoms with Gasteiger partial charge in [0.15, 0.2) is 0 Å². The van der Waals surface area contributed by atoms with Crippen LogP contribution in [0.15, 0.2) is 36.4 Å². The van der Waals surface area contributed by atoms with Gasteiger partial charge in [-0.2, -0.15) is 0 Å². The molecule has 3 rings (SSSR count). The van der Waals surface area contributed by atoms with Gasteiger partial charge in [-0.3, -0.25) is 0 Å². The maximum Gasteiger partial charge on any atom is 0.146 e. The summed E-state index contributed by atoms with van der Waals surface area (Å²) in [4.78, 5) is 0. The lowest BCUT2D eigenvalue weighted by molar-refractivity contribution is 0.625. The van der Waals surface area contributed by atoms with Crippen molar-refractivity contribution in [3.8, 4) is 0 Å². The second-order valence-electron chi connectivity index (χ2n) is 4.70. The molecular formula is C15H12Cl2FN. The van der Waals surface area contributed by atoms with Crippen LogP contribution in [0.25, 0.3) is 0 Å². The Morgan fingerprint density at radius 2 is 1.79 bits per heavy atom. The molecule has 4 heteroatoms. The number of aryl methyl sites for hydroxylation is 1. The standard InChI is InChI=1S/C15H12Cl2FN/c16-10-2-4-12-9(7-10)1-6-14(12)19-15-8-11(17)3-5-13(15)18/h2-5,7-8,14,19H,1,6H2. The fourth-order valence-electron chi connectivity index (χ4n) is 2.53. The van der Waals surface area contributed by atoms with Crippen LogP contribution in [0.3, 0.4) is 0 Å². The van der Waals surface area contributed by atoms with E-state index in [0.717, 1.165) is 17.9 Å². The maximum absolute atomic E-state index is 13.7. The molecule has 2 aromatic carbocycles. The number of halogens is 3. The molecule has 1 atom stereocenters. The van der Waals surface area contributed by atoms with E-state index >= 15 is 0 Å². The molecule has 0 aliphatic heterocycles. The van der Waals surface area contributed by atoms with E-state index in [0.29, 0.717) is 10.7 Å². The highest BCUT2D eigenvalue weighted by molar-refractivity contribution is 6.31. The van der Waals surface area contributed by atoms with Crippen molar-refractivity contribution in [2.75, 3.05) is 5.32 Å². The highest BCUT2D eigenvalue weighted by Gasteiger charge is 2.23. The molecular weight excluding hydrogens is 284 g/mol. The molecule has 0 bridgehead atoms. The Morgan fingerprint density at radius 3 is 2.63 bits per heavy atom. The Labute approximate surface area is 121 Å². The van der Waals surface area contributed by atoms with Crippen molar-refractivity contribution < 1.29 is 4.39 Å². The Morgan fingerprint density at radius 1 is 1.05 bits per heavy atom. The first kappa shape index (κ1) is 12.8. The molecule has 1 unspecified atom stereocenters. The number of anilines is 1. The van der Waals surface area contributed by atoms with Crippen molar-refractivity contribution in [3.05, 3.63) is 63.4 Å². The van der Waals surface area contributed by atoms with Gasteiger partial charge in [0, 0.05) is 10.0 Å². The molecule has 0 amide bonds. The summed E-state index contributed by atoms with van der Waals surface area (Å²) in [6.45, 7) is 0. The van der Waals surface area contributed by atoms with E-state index in [-0.39, 0.29) is 11.9 Å². The largest absolute Gasteiger partial charge is 0.376 e. The summed E-state index contributed by atoms with van der Waals surface area (Å²) in [5.74, 6) is -0.285. The number of fused-ring (bicyclic) bond motifs is 1. The topological polar surface area (TPSA) is 12.0 Å². The van der Waals surface area contributed by atoms with Crippen LogP contribution in [0.1, 0.15) is 23.6 Å². The van der Waals surface area contributed by atoms with Crippen LogP contribution in [0, 0.1) is 5.82 Å². The molecule has 0 aromatic heterocycles. The molecule has 98 valence electrons. The molecule has 19 heavy (non-hydrogen) atoms. The van der Waals surface area contributed by atoms with E-state index < -0.39 is 0 Å². The molecule has 0 radical (unpaired) electrons. The van der Waals surface area contributed by atoms with Crippen LogP contribution in [0.2, 0.25) is 10.0 Å². The summed E-state index contributed by atoms with van der Waals surface area (Å²) in [5.41, 5.74) is 2.86. The molecule has 0 saturated heterocycles. The monoisotopic (exact) mass is 295 g/mol. The molecule has 1 aliphatic rings. The zero-order chi connectivity index (χ0) is 13.4. The normalized spacial score (nSPS) is 17.3. The van der Waals surface area contributed by atoms with Gasteiger partial charge in [-0.25, -0.2) is 4.39 Å². The van der Waals surface area contributed by atoms with Crippen molar-refractivity contribution in [1.82, 2.24) is 0 Å². The van der Waals surface area contributed by atoms with Crippen molar-refractivity contribution in [1.29, 1.82) is 0 Å². The van der Waals surface area contributed by atoms with Crippen LogP contribution < -0.4 is 5.32 Å². The zero-order valence-electron chi connectivity index (χ0n) is 10.1. The van der Waals surface area contributed by atoms with Crippen molar-refractivity contribution in [3.63, 3.8) is 0 Å². The minimum Gasteiger partial charge on any atom is -0.376 e. The second-order valence-corrected chi connectivity index (χ2v) is 5.58. The number of benzene rings is 2. The van der Waals surface area contributed by atoms with Gasteiger partial charge < -0.3 is 5.32 Å². The van der Waals surface area contributed by atoms with Crippen LogP contribution >= 0.6 is 23.2 Å². The molecule has 1 N–H and O–H groups in total. The zero-order valence-corrected chi connectivity index (χ0v) is 11.6. The summed E-state index contributed by atoms with van der Waals surface area (Å²) < 4.78 is 13.7. The highest BCUT2D eigenvalue weighted by Crippen LogP contribution is 2.36. The average Bonchev–Trinajstić information content (AvgIpc) is 2.76. The number of nitrogens with one attached hydrogen (secondary N) is 1. The third-order valence-electron chi connectivity index (χ3n) is 3.44. The van der Waals surface area contributed by atoms with Gasteiger partial charge in [0.2, 0.25) is 0 Å². The number of hydrogen-bond acceptors (Lipinski definition) is 1. The average molecular weight is 296 g/mol. The van der Waals surface area contributed by atoms with Gasteiger partial charge in [0.25, 0.3) is 0 Å². The first-order valence-corrected chi connectivity index (χ1v) is 6.89. The van der Waals surface area contributed by atoms with Gasteiger partial charge in [0.05, 0.1) is 11.7 Å². The van der Waals surface area contributed by atoms with Crippen LogP contribution in [-0.2, 0) is 6.42 Å². The van der Waals surface area contributed by atoms with Gasteiger partial charge >= 0.3 is 0 Å². The first-order chi connectivity index (χ1) is 9.13. The summed E-state index contributed by atoms with van der Waals surface area (Å²) in [7, 11) is 0. The van der Waals surface area contributed by atoms with Gasteiger partial charge in [-0.15, -0.1) is 0 Å². The molecule has 2 aromatic rings. The fraction of sp³-hybridized carbons (Fsp3) is 0.200. The van der Waals surface area contributed by atoms with Crippen LogP contribution in [-0.4, -0.2) is 0 Å².